The van der Waals surface area contributed by atoms with Gasteiger partial charge in [-0.15, -0.1) is 13.2 Å². The summed E-state index contributed by atoms with van der Waals surface area (Å²) in [7, 11) is -2.41. The summed E-state index contributed by atoms with van der Waals surface area (Å²) in [4.78, 5) is 12.6. The lowest BCUT2D eigenvalue weighted by molar-refractivity contribution is -0.274. The summed E-state index contributed by atoms with van der Waals surface area (Å²) >= 11 is 0. The molecule has 2 aromatic carbocycles. The van der Waals surface area contributed by atoms with Gasteiger partial charge >= 0.3 is 6.36 Å². The normalized spacial score (nSPS) is 12.8. The van der Waals surface area contributed by atoms with Crippen LogP contribution in [0.1, 0.15) is 6.92 Å². The molecule has 2 rings (SSSR count). The summed E-state index contributed by atoms with van der Waals surface area (Å²) in [5, 5.41) is 2.47. The lowest BCUT2D eigenvalue weighted by atomic mass is 10.2. The van der Waals surface area contributed by atoms with Crippen molar-refractivity contribution in [2.75, 3.05) is 23.0 Å². The third-order valence-corrected chi connectivity index (χ3v) is 4.99. The largest absolute Gasteiger partial charge is 0.573 e. The van der Waals surface area contributed by atoms with Crippen LogP contribution in [0.15, 0.2) is 48.5 Å². The first kappa shape index (κ1) is 22.3. The number of sulfonamides is 1. The second kappa shape index (κ2) is 8.60. The minimum absolute atomic E-state index is 0.176. The minimum Gasteiger partial charge on any atom is -0.497 e. The molecule has 0 bridgehead atoms. The Morgan fingerprint density at radius 1 is 1.10 bits per heavy atom. The number of hydrogen-bond acceptors (Lipinski definition) is 5. The Kier molecular flexibility index (Phi) is 6.62. The van der Waals surface area contributed by atoms with E-state index >= 15 is 0 Å². The summed E-state index contributed by atoms with van der Waals surface area (Å²) < 4.78 is 71.0. The number of hydrogen-bond donors (Lipinski definition) is 1. The lowest BCUT2D eigenvalue weighted by Gasteiger charge is -2.28. The monoisotopic (exact) mass is 432 g/mol. The van der Waals surface area contributed by atoms with E-state index in [0.29, 0.717) is 5.75 Å². The van der Waals surface area contributed by atoms with Crippen molar-refractivity contribution in [2.45, 2.75) is 19.3 Å². The Balaban J connectivity index is 2.21. The number of amides is 1. The molecule has 29 heavy (non-hydrogen) atoms. The van der Waals surface area contributed by atoms with Gasteiger partial charge in [0.1, 0.15) is 17.5 Å². The number of nitrogens with zero attached hydrogens (tertiary/aromatic N) is 1. The zero-order chi connectivity index (χ0) is 21.8. The average molecular weight is 432 g/mol. The lowest BCUT2D eigenvalue weighted by Crippen LogP contribution is -2.45. The van der Waals surface area contributed by atoms with E-state index in [2.05, 4.69) is 10.1 Å². The van der Waals surface area contributed by atoms with Crippen molar-refractivity contribution in [3.63, 3.8) is 0 Å². The first-order valence-corrected chi connectivity index (χ1v) is 10.1. The molecule has 0 saturated carbocycles. The van der Waals surface area contributed by atoms with Gasteiger partial charge in [-0.1, -0.05) is 6.07 Å². The zero-order valence-corrected chi connectivity index (χ0v) is 16.5. The SMILES string of the molecule is COc1cccc(N(C(C)C(=O)Nc2ccc(OC(F)(F)F)cc2)S(C)(=O)=O)c1. The maximum absolute atomic E-state index is 12.6. The first-order valence-electron chi connectivity index (χ1n) is 8.21. The summed E-state index contributed by atoms with van der Waals surface area (Å²) in [6.45, 7) is 1.39. The molecule has 0 radical (unpaired) electrons. The van der Waals surface area contributed by atoms with E-state index in [-0.39, 0.29) is 11.4 Å². The molecule has 0 aliphatic heterocycles. The van der Waals surface area contributed by atoms with Crippen molar-refractivity contribution < 1.29 is 35.9 Å². The van der Waals surface area contributed by atoms with E-state index < -0.39 is 34.1 Å². The molecule has 11 heteroatoms. The van der Waals surface area contributed by atoms with E-state index in [1.54, 1.807) is 12.1 Å². The highest BCUT2D eigenvalue weighted by Gasteiger charge is 2.31. The zero-order valence-electron chi connectivity index (χ0n) is 15.7. The van der Waals surface area contributed by atoms with Crippen LogP contribution in [0.3, 0.4) is 0 Å². The Morgan fingerprint density at radius 3 is 2.24 bits per heavy atom. The number of benzene rings is 2. The van der Waals surface area contributed by atoms with Gasteiger partial charge in [-0.3, -0.25) is 9.10 Å². The molecule has 1 N–H and O–H groups in total. The van der Waals surface area contributed by atoms with Crippen LogP contribution in [0.25, 0.3) is 0 Å². The van der Waals surface area contributed by atoms with E-state index in [0.717, 1.165) is 22.7 Å². The van der Waals surface area contributed by atoms with Gasteiger partial charge in [0.15, 0.2) is 0 Å². The first-order chi connectivity index (χ1) is 13.4. The smallest absolute Gasteiger partial charge is 0.497 e. The summed E-state index contributed by atoms with van der Waals surface area (Å²) in [5.74, 6) is -0.718. The standard InChI is InChI=1S/C18H19F3N2O5S/c1-12(23(29(3,25)26)14-5-4-6-16(11-14)27-2)17(24)22-13-7-9-15(10-8-13)28-18(19,20)21/h4-12H,1-3H3,(H,22,24). The van der Waals surface area contributed by atoms with Crippen molar-refractivity contribution in [3.05, 3.63) is 48.5 Å². The van der Waals surface area contributed by atoms with Gasteiger partial charge < -0.3 is 14.8 Å². The molecule has 0 fully saturated rings. The number of rotatable bonds is 7. The highest BCUT2D eigenvalue weighted by molar-refractivity contribution is 7.92. The number of carbonyl (C=O) groups is 1. The molecular weight excluding hydrogens is 413 g/mol. The third kappa shape index (κ3) is 6.28. The molecule has 0 heterocycles. The Morgan fingerprint density at radius 2 is 1.72 bits per heavy atom. The Hall–Kier alpha value is -2.95. The van der Waals surface area contributed by atoms with Crippen LogP contribution in [0.4, 0.5) is 24.5 Å². The molecule has 1 amide bonds. The predicted molar refractivity (Wildman–Crippen MR) is 102 cm³/mol. The number of carbonyl (C=O) groups excluding carboxylic acids is 1. The van der Waals surface area contributed by atoms with Gasteiger partial charge in [0.25, 0.3) is 0 Å². The fraction of sp³-hybridized carbons (Fsp3) is 0.278. The van der Waals surface area contributed by atoms with Crippen LogP contribution in [0, 0.1) is 0 Å². The van der Waals surface area contributed by atoms with Crippen molar-refractivity contribution in [3.8, 4) is 11.5 Å². The van der Waals surface area contributed by atoms with Crippen LogP contribution in [0.2, 0.25) is 0 Å². The summed E-state index contributed by atoms with van der Waals surface area (Å²) in [6.07, 6.45) is -3.87. The third-order valence-electron chi connectivity index (χ3n) is 3.75. The van der Waals surface area contributed by atoms with Crippen molar-refractivity contribution in [1.29, 1.82) is 0 Å². The molecule has 0 aromatic heterocycles. The molecule has 0 aliphatic carbocycles. The molecule has 7 nitrogen and oxygen atoms in total. The van der Waals surface area contributed by atoms with Gasteiger partial charge in [0, 0.05) is 11.8 Å². The molecule has 158 valence electrons. The van der Waals surface area contributed by atoms with Crippen LogP contribution in [-0.2, 0) is 14.8 Å². The van der Waals surface area contributed by atoms with E-state index in [4.69, 9.17) is 4.74 Å². The van der Waals surface area contributed by atoms with Crippen molar-refractivity contribution >= 4 is 27.3 Å². The number of nitrogens with one attached hydrogen (secondary N) is 1. The van der Waals surface area contributed by atoms with Crippen LogP contribution >= 0.6 is 0 Å². The van der Waals surface area contributed by atoms with Gasteiger partial charge in [0.05, 0.1) is 19.1 Å². The predicted octanol–water partition coefficient (Wildman–Crippen LogP) is 3.39. The van der Waals surface area contributed by atoms with E-state index in [1.165, 1.54) is 38.3 Å². The summed E-state index contributed by atoms with van der Waals surface area (Å²) in [6, 6.07) is 9.52. The van der Waals surface area contributed by atoms with Gasteiger partial charge in [-0.05, 0) is 43.3 Å². The van der Waals surface area contributed by atoms with Gasteiger partial charge in [0.2, 0.25) is 15.9 Å². The Bertz CT molecular complexity index is 962. The highest BCUT2D eigenvalue weighted by Crippen LogP contribution is 2.27. The molecule has 0 aliphatic rings. The van der Waals surface area contributed by atoms with Crippen molar-refractivity contribution in [1.82, 2.24) is 0 Å². The van der Waals surface area contributed by atoms with Gasteiger partial charge in [-0.25, -0.2) is 8.42 Å². The van der Waals surface area contributed by atoms with Crippen LogP contribution in [0.5, 0.6) is 11.5 Å². The molecule has 0 spiro atoms. The Labute approximate surface area is 166 Å². The number of alkyl halides is 3. The maximum atomic E-state index is 12.6. The maximum Gasteiger partial charge on any atom is 0.573 e. The highest BCUT2D eigenvalue weighted by atomic mass is 32.2. The fourth-order valence-electron chi connectivity index (χ4n) is 2.54. The van der Waals surface area contributed by atoms with Crippen LogP contribution < -0.4 is 19.1 Å². The van der Waals surface area contributed by atoms with Crippen LogP contribution in [-0.4, -0.2) is 40.1 Å². The molecule has 1 unspecified atom stereocenters. The quantitative estimate of drug-likeness (QED) is 0.725. The van der Waals surface area contributed by atoms with E-state index in [1.807, 2.05) is 0 Å². The number of halogens is 3. The minimum atomic E-state index is -4.83. The second-order valence-corrected chi connectivity index (χ2v) is 7.86. The van der Waals surface area contributed by atoms with Gasteiger partial charge in [-0.2, -0.15) is 0 Å². The van der Waals surface area contributed by atoms with Crippen molar-refractivity contribution in [2.24, 2.45) is 0 Å². The fourth-order valence-corrected chi connectivity index (χ4v) is 3.71. The number of methoxy groups -OCH3 is 1. The number of anilines is 2. The topological polar surface area (TPSA) is 84.9 Å². The second-order valence-electron chi connectivity index (χ2n) is 6.00. The molecular formula is C18H19F3N2O5S. The number of ether oxygens (including phenoxy) is 2. The average Bonchev–Trinajstić information content (AvgIpc) is 2.61. The van der Waals surface area contributed by atoms with E-state index in [9.17, 15) is 26.4 Å². The summed E-state index contributed by atoms with van der Waals surface area (Å²) in [5.41, 5.74) is 0.402. The molecule has 1 atom stereocenters. The molecule has 0 saturated heterocycles. The molecule has 2 aromatic rings.